The fourth-order valence-electron chi connectivity index (χ4n) is 0.525. The van der Waals surface area contributed by atoms with Crippen molar-refractivity contribution >= 4 is 23.3 Å². The van der Waals surface area contributed by atoms with Crippen LogP contribution in [0.1, 0.15) is 6.42 Å². The fraction of sp³-hybridized carbons (Fsp3) is 0.667. The van der Waals surface area contributed by atoms with Gasteiger partial charge in [0.1, 0.15) is 0 Å². The molecule has 11 heavy (non-hydrogen) atoms. The lowest BCUT2D eigenvalue weighted by Gasteiger charge is -2.16. The molecule has 5 heteroatoms. The van der Waals surface area contributed by atoms with E-state index in [0.29, 0.717) is 18.1 Å². The molecule has 0 saturated heterocycles. The maximum Gasteiger partial charge on any atom is 0.258 e. The van der Waals surface area contributed by atoms with Crippen molar-refractivity contribution in [2.24, 2.45) is 5.73 Å². The molecule has 0 aromatic heterocycles. The van der Waals surface area contributed by atoms with Gasteiger partial charge in [0.15, 0.2) is 0 Å². The molecule has 0 atom stereocenters. The number of methoxy groups -OCH3 is 1. The topological polar surface area (TPSA) is 55.6 Å². The predicted molar refractivity (Wildman–Crippen MR) is 46.0 cm³/mol. The van der Waals surface area contributed by atoms with Gasteiger partial charge in [0.05, 0.1) is 7.11 Å². The number of thiocarbonyl (C=S) groups is 1. The third-order valence-corrected chi connectivity index (χ3v) is 1.66. The van der Waals surface area contributed by atoms with Gasteiger partial charge in [0.2, 0.25) is 5.91 Å². The Morgan fingerprint density at radius 2 is 2.27 bits per heavy atom. The number of ether oxygens (including phenoxy) is 1. The zero-order chi connectivity index (χ0) is 8.85. The second-order valence-electron chi connectivity index (χ2n) is 2.11. The van der Waals surface area contributed by atoms with Crippen LogP contribution in [0.15, 0.2) is 0 Å². The van der Waals surface area contributed by atoms with E-state index < -0.39 is 0 Å². The number of amides is 1. The summed E-state index contributed by atoms with van der Waals surface area (Å²) in [6.07, 6.45) is 0.292. The summed E-state index contributed by atoms with van der Waals surface area (Å²) in [7, 11) is 3.23. The molecular formula is C6H12N2O2S. The molecule has 0 saturated carbocycles. The lowest BCUT2D eigenvalue weighted by atomic mass is 10.4. The van der Waals surface area contributed by atoms with Crippen LogP contribution < -0.4 is 5.73 Å². The SMILES string of the molecule is COC(=S)N(C)CCC(N)=O. The summed E-state index contributed by atoms with van der Waals surface area (Å²) in [5.41, 5.74) is 4.93. The Bertz CT molecular complexity index is 161. The van der Waals surface area contributed by atoms with Crippen LogP contribution in [0.25, 0.3) is 0 Å². The van der Waals surface area contributed by atoms with Crippen LogP contribution in [0.2, 0.25) is 0 Å². The second kappa shape index (κ2) is 4.90. The molecule has 0 radical (unpaired) electrons. The minimum absolute atomic E-state index is 0.292. The van der Waals surface area contributed by atoms with Crippen LogP contribution in [0.4, 0.5) is 0 Å². The Kier molecular flexibility index (Phi) is 4.52. The Balaban J connectivity index is 3.60. The minimum atomic E-state index is -0.337. The molecule has 0 aliphatic carbocycles. The number of primary amides is 1. The summed E-state index contributed by atoms with van der Waals surface area (Å²) in [5.74, 6) is -0.337. The smallest absolute Gasteiger partial charge is 0.258 e. The number of hydrogen-bond donors (Lipinski definition) is 1. The van der Waals surface area contributed by atoms with Crippen LogP contribution in [-0.4, -0.2) is 36.7 Å². The maximum atomic E-state index is 10.3. The first-order valence-corrected chi connectivity index (χ1v) is 3.56. The number of nitrogens with zero attached hydrogens (tertiary/aromatic N) is 1. The van der Waals surface area contributed by atoms with E-state index in [4.69, 9.17) is 22.7 Å². The molecule has 4 nitrogen and oxygen atoms in total. The van der Waals surface area contributed by atoms with Crippen molar-refractivity contribution in [1.82, 2.24) is 4.90 Å². The third kappa shape index (κ3) is 4.55. The van der Waals surface area contributed by atoms with Crippen molar-refractivity contribution in [2.75, 3.05) is 20.7 Å². The molecule has 0 aromatic carbocycles. The summed E-state index contributed by atoms with van der Waals surface area (Å²) < 4.78 is 4.75. The summed E-state index contributed by atoms with van der Waals surface area (Å²) in [5, 5.41) is 0.367. The van der Waals surface area contributed by atoms with Gasteiger partial charge in [-0.2, -0.15) is 0 Å². The van der Waals surface area contributed by atoms with Crippen molar-refractivity contribution in [3.63, 3.8) is 0 Å². The summed E-state index contributed by atoms with van der Waals surface area (Å²) in [6, 6.07) is 0. The normalized spacial score (nSPS) is 8.91. The monoisotopic (exact) mass is 176 g/mol. The Morgan fingerprint density at radius 3 is 2.64 bits per heavy atom. The van der Waals surface area contributed by atoms with E-state index in [0.717, 1.165) is 0 Å². The molecule has 64 valence electrons. The van der Waals surface area contributed by atoms with Crippen molar-refractivity contribution < 1.29 is 9.53 Å². The lowest BCUT2D eigenvalue weighted by molar-refractivity contribution is -0.118. The fourth-order valence-corrected chi connectivity index (χ4v) is 0.616. The van der Waals surface area contributed by atoms with Gasteiger partial charge >= 0.3 is 0 Å². The predicted octanol–water partition coefficient (Wildman–Crippen LogP) is -0.275. The first-order valence-electron chi connectivity index (χ1n) is 3.15. The molecule has 0 aliphatic rings. The van der Waals surface area contributed by atoms with Crippen molar-refractivity contribution in [3.05, 3.63) is 0 Å². The summed E-state index contributed by atoms with van der Waals surface area (Å²) in [4.78, 5) is 12.0. The highest BCUT2D eigenvalue weighted by Crippen LogP contribution is 1.90. The Labute approximate surface area is 71.3 Å². The van der Waals surface area contributed by atoms with Crippen LogP contribution in [0, 0.1) is 0 Å². The van der Waals surface area contributed by atoms with E-state index in [-0.39, 0.29) is 5.91 Å². The number of nitrogens with two attached hydrogens (primary N) is 1. The number of rotatable bonds is 3. The molecular weight excluding hydrogens is 164 g/mol. The molecule has 0 rings (SSSR count). The molecule has 1 amide bonds. The molecule has 0 unspecified atom stereocenters. The summed E-state index contributed by atoms with van der Waals surface area (Å²) >= 11 is 4.78. The van der Waals surface area contributed by atoms with Crippen molar-refractivity contribution in [3.8, 4) is 0 Å². The zero-order valence-corrected chi connectivity index (χ0v) is 7.48. The Morgan fingerprint density at radius 1 is 1.73 bits per heavy atom. The van der Waals surface area contributed by atoms with Gasteiger partial charge < -0.3 is 15.4 Å². The van der Waals surface area contributed by atoms with Crippen molar-refractivity contribution in [2.45, 2.75) is 6.42 Å². The first kappa shape index (κ1) is 10.2. The molecule has 0 bridgehead atoms. The van der Waals surface area contributed by atoms with Crippen LogP contribution in [0.3, 0.4) is 0 Å². The highest BCUT2D eigenvalue weighted by Gasteiger charge is 2.04. The lowest BCUT2D eigenvalue weighted by Crippen LogP contribution is -2.29. The molecule has 0 aromatic rings. The highest BCUT2D eigenvalue weighted by atomic mass is 32.1. The van der Waals surface area contributed by atoms with Gasteiger partial charge in [0.25, 0.3) is 5.17 Å². The second-order valence-corrected chi connectivity index (χ2v) is 2.46. The van der Waals surface area contributed by atoms with Gasteiger partial charge in [0, 0.05) is 20.0 Å². The largest absolute Gasteiger partial charge is 0.474 e. The molecule has 0 fully saturated rings. The number of carbonyl (C=O) groups is 1. The molecule has 0 heterocycles. The van der Waals surface area contributed by atoms with Gasteiger partial charge in [-0.15, -0.1) is 0 Å². The average Bonchev–Trinajstić information content (AvgIpc) is 1.98. The van der Waals surface area contributed by atoms with E-state index in [9.17, 15) is 4.79 Å². The number of hydrogen-bond acceptors (Lipinski definition) is 3. The number of carbonyl (C=O) groups excluding carboxylic acids is 1. The average molecular weight is 176 g/mol. The highest BCUT2D eigenvalue weighted by molar-refractivity contribution is 7.80. The molecule has 0 spiro atoms. The van der Waals surface area contributed by atoms with E-state index in [1.54, 1.807) is 11.9 Å². The van der Waals surface area contributed by atoms with Crippen LogP contribution >= 0.6 is 12.2 Å². The zero-order valence-electron chi connectivity index (χ0n) is 6.66. The van der Waals surface area contributed by atoms with E-state index >= 15 is 0 Å². The Hall–Kier alpha value is -0.840. The van der Waals surface area contributed by atoms with Gasteiger partial charge in [-0.3, -0.25) is 4.79 Å². The quantitative estimate of drug-likeness (QED) is 0.601. The summed E-state index contributed by atoms with van der Waals surface area (Å²) in [6.45, 7) is 0.502. The minimum Gasteiger partial charge on any atom is -0.474 e. The standard InChI is InChI=1S/C6H12N2O2S/c1-8(6(11)10-2)4-3-5(7)9/h3-4H2,1-2H3,(H2,7,9). The van der Waals surface area contributed by atoms with E-state index in [1.165, 1.54) is 7.11 Å². The van der Waals surface area contributed by atoms with E-state index in [2.05, 4.69) is 0 Å². The van der Waals surface area contributed by atoms with Crippen LogP contribution in [0.5, 0.6) is 0 Å². The van der Waals surface area contributed by atoms with Gasteiger partial charge in [-0.05, 0) is 12.2 Å². The third-order valence-electron chi connectivity index (χ3n) is 1.18. The molecule has 0 aliphatic heterocycles. The van der Waals surface area contributed by atoms with Gasteiger partial charge in [-0.25, -0.2) is 0 Å². The van der Waals surface area contributed by atoms with Crippen molar-refractivity contribution in [1.29, 1.82) is 0 Å². The van der Waals surface area contributed by atoms with Crippen LogP contribution in [-0.2, 0) is 9.53 Å². The van der Waals surface area contributed by atoms with E-state index in [1.807, 2.05) is 0 Å². The first-order chi connectivity index (χ1) is 5.07. The molecule has 2 N–H and O–H groups in total. The van der Waals surface area contributed by atoms with Gasteiger partial charge in [-0.1, -0.05) is 0 Å². The maximum absolute atomic E-state index is 10.3.